The van der Waals surface area contributed by atoms with E-state index >= 15 is 0 Å². The Bertz CT molecular complexity index is 429. The first kappa shape index (κ1) is 10.1. The number of hydrogen-bond donors (Lipinski definition) is 1. The minimum absolute atomic E-state index is 0.641. The van der Waals surface area contributed by atoms with Crippen molar-refractivity contribution in [2.24, 2.45) is 11.3 Å². The molecule has 1 atom stereocenters. The molecule has 17 heavy (non-hydrogen) atoms. The van der Waals surface area contributed by atoms with E-state index in [-0.39, 0.29) is 0 Å². The first-order valence-corrected chi connectivity index (χ1v) is 7.19. The van der Waals surface area contributed by atoms with E-state index in [1.165, 1.54) is 45.1 Å². The van der Waals surface area contributed by atoms with Gasteiger partial charge in [0.1, 0.15) is 0 Å². The van der Waals surface area contributed by atoms with E-state index in [2.05, 4.69) is 29.6 Å². The molecular formula is C16H21N. The SMILES string of the molecule is c1ccc2c(c1)CCC2NCC1(C2CC2)CC1. The fourth-order valence-corrected chi connectivity index (χ4v) is 3.68. The van der Waals surface area contributed by atoms with E-state index in [9.17, 15) is 0 Å². The maximum Gasteiger partial charge on any atom is 0.0326 e. The number of fused-ring (bicyclic) bond motifs is 1. The van der Waals surface area contributed by atoms with E-state index in [1.54, 1.807) is 11.1 Å². The van der Waals surface area contributed by atoms with Gasteiger partial charge in [-0.1, -0.05) is 24.3 Å². The molecule has 1 aromatic rings. The molecule has 2 fully saturated rings. The van der Waals surface area contributed by atoms with Gasteiger partial charge in [-0.05, 0) is 61.0 Å². The Morgan fingerprint density at radius 2 is 1.94 bits per heavy atom. The monoisotopic (exact) mass is 227 g/mol. The van der Waals surface area contributed by atoms with Crippen LogP contribution in [0.4, 0.5) is 0 Å². The van der Waals surface area contributed by atoms with E-state index in [1.807, 2.05) is 0 Å². The Morgan fingerprint density at radius 3 is 2.71 bits per heavy atom. The van der Waals surface area contributed by atoms with E-state index in [4.69, 9.17) is 0 Å². The lowest BCUT2D eigenvalue weighted by atomic mass is 9.99. The smallest absolute Gasteiger partial charge is 0.0326 e. The van der Waals surface area contributed by atoms with Gasteiger partial charge in [-0.15, -0.1) is 0 Å². The van der Waals surface area contributed by atoms with E-state index in [0.29, 0.717) is 6.04 Å². The zero-order valence-corrected chi connectivity index (χ0v) is 10.4. The van der Waals surface area contributed by atoms with Crippen molar-refractivity contribution in [1.82, 2.24) is 5.32 Å². The summed E-state index contributed by atoms with van der Waals surface area (Å²) >= 11 is 0. The van der Waals surface area contributed by atoms with Crippen molar-refractivity contribution in [3.8, 4) is 0 Å². The van der Waals surface area contributed by atoms with Crippen LogP contribution in [-0.4, -0.2) is 6.54 Å². The first-order chi connectivity index (χ1) is 8.37. The lowest BCUT2D eigenvalue weighted by Gasteiger charge is -2.20. The summed E-state index contributed by atoms with van der Waals surface area (Å²) in [6.45, 7) is 1.27. The van der Waals surface area contributed by atoms with Crippen molar-refractivity contribution in [2.45, 2.75) is 44.6 Å². The van der Waals surface area contributed by atoms with Gasteiger partial charge in [0.15, 0.2) is 0 Å². The van der Waals surface area contributed by atoms with Gasteiger partial charge >= 0.3 is 0 Å². The summed E-state index contributed by atoms with van der Waals surface area (Å²) in [5.41, 5.74) is 3.87. The second-order valence-electron chi connectivity index (χ2n) is 6.31. The number of aryl methyl sites for hydroxylation is 1. The molecule has 0 radical (unpaired) electrons. The highest BCUT2D eigenvalue weighted by atomic mass is 14.9. The Morgan fingerprint density at radius 1 is 1.12 bits per heavy atom. The lowest BCUT2D eigenvalue weighted by molar-refractivity contribution is 0.373. The molecular weight excluding hydrogens is 206 g/mol. The van der Waals surface area contributed by atoms with Crippen LogP contribution >= 0.6 is 0 Å². The molecule has 4 rings (SSSR count). The largest absolute Gasteiger partial charge is 0.309 e. The average Bonchev–Trinajstić information content (AvgIpc) is 3.24. The number of rotatable bonds is 4. The summed E-state index contributed by atoms with van der Waals surface area (Å²) in [5.74, 6) is 1.08. The summed E-state index contributed by atoms with van der Waals surface area (Å²) in [7, 11) is 0. The minimum atomic E-state index is 0.641. The highest BCUT2D eigenvalue weighted by Gasteiger charge is 2.53. The third-order valence-electron chi connectivity index (χ3n) is 5.17. The van der Waals surface area contributed by atoms with Crippen LogP contribution < -0.4 is 5.32 Å². The number of nitrogens with one attached hydrogen (secondary N) is 1. The van der Waals surface area contributed by atoms with Gasteiger partial charge in [-0.2, -0.15) is 0 Å². The minimum Gasteiger partial charge on any atom is -0.309 e. The molecule has 0 bridgehead atoms. The molecule has 1 heteroatoms. The summed E-state index contributed by atoms with van der Waals surface area (Å²) in [6, 6.07) is 9.62. The highest BCUT2D eigenvalue weighted by Crippen LogP contribution is 2.61. The van der Waals surface area contributed by atoms with E-state index < -0.39 is 0 Å². The van der Waals surface area contributed by atoms with Gasteiger partial charge in [-0.25, -0.2) is 0 Å². The molecule has 1 N–H and O–H groups in total. The Labute approximate surface area is 104 Å². The fraction of sp³-hybridized carbons (Fsp3) is 0.625. The van der Waals surface area contributed by atoms with Gasteiger partial charge in [0, 0.05) is 12.6 Å². The lowest BCUT2D eigenvalue weighted by Crippen LogP contribution is -2.28. The van der Waals surface area contributed by atoms with Gasteiger partial charge in [0.2, 0.25) is 0 Å². The van der Waals surface area contributed by atoms with Crippen LogP contribution in [-0.2, 0) is 6.42 Å². The zero-order valence-electron chi connectivity index (χ0n) is 10.4. The molecule has 0 spiro atoms. The molecule has 1 nitrogen and oxygen atoms in total. The number of hydrogen-bond acceptors (Lipinski definition) is 1. The quantitative estimate of drug-likeness (QED) is 0.830. The summed E-state index contributed by atoms with van der Waals surface area (Å²) in [5, 5.41) is 3.86. The van der Waals surface area contributed by atoms with Gasteiger partial charge in [0.05, 0.1) is 0 Å². The molecule has 0 aliphatic heterocycles. The molecule has 2 saturated carbocycles. The molecule has 1 aromatic carbocycles. The summed E-state index contributed by atoms with van der Waals surface area (Å²) in [4.78, 5) is 0. The highest BCUT2D eigenvalue weighted by molar-refractivity contribution is 5.34. The van der Waals surface area contributed by atoms with Crippen LogP contribution in [0.3, 0.4) is 0 Å². The fourth-order valence-electron chi connectivity index (χ4n) is 3.68. The van der Waals surface area contributed by atoms with Crippen molar-refractivity contribution in [1.29, 1.82) is 0 Å². The molecule has 3 aliphatic rings. The Hall–Kier alpha value is -0.820. The Kier molecular flexibility index (Phi) is 2.14. The molecule has 0 amide bonds. The molecule has 1 unspecified atom stereocenters. The third-order valence-corrected chi connectivity index (χ3v) is 5.17. The normalized spacial score (nSPS) is 29.1. The number of benzene rings is 1. The van der Waals surface area contributed by atoms with Gasteiger partial charge < -0.3 is 5.32 Å². The Balaban J connectivity index is 1.44. The third kappa shape index (κ3) is 1.72. The van der Waals surface area contributed by atoms with E-state index in [0.717, 1.165) is 11.3 Å². The van der Waals surface area contributed by atoms with Crippen molar-refractivity contribution >= 4 is 0 Å². The van der Waals surface area contributed by atoms with Crippen molar-refractivity contribution in [2.75, 3.05) is 6.54 Å². The molecule has 0 saturated heterocycles. The van der Waals surface area contributed by atoms with Crippen molar-refractivity contribution in [3.05, 3.63) is 35.4 Å². The summed E-state index contributed by atoms with van der Waals surface area (Å²) < 4.78 is 0. The van der Waals surface area contributed by atoms with Crippen LogP contribution in [0.1, 0.15) is 49.3 Å². The second-order valence-corrected chi connectivity index (χ2v) is 6.31. The predicted octanol–water partition coefficient (Wildman–Crippen LogP) is 3.45. The standard InChI is InChI=1S/C16H21N/c1-2-4-14-12(3-1)5-8-15(14)17-11-16(9-10-16)13-6-7-13/h1-4,13,15,17H,5-11H2. The van der Waals surface area contributed by atoms with Gasteiger partial charge in [0.25, 0.3) is 0 Å². The van der Waals surface area contributed by atoms with Crippen molar-refractivity contribution < 1.29 is 0 Å². The van der Waals surface area contributed by atoms with Crippen LogP contribution in [0.2, 0.25) is 0 Å². The zero-order chi connectivity index (χ0) is 11.3. The topological polar surface area (TPSA) is 12.0 Å². The second kappa shape index (κ2) is 3.58. The van der Waals surface area contributed by atoms with Gasteiger partial charge in [-0.3, -0.25) is 0 Å². The molecule has 0 heterocycles. The maximum absolute atomic E-state index is 3.86. The van der Waals surface area contributed by atoms with Crippen LogP contribution in [0.15, 0.2) is 24.3 Å². The molecule has 90 valence electrons. The van der Waals surface area contributed by atoms with Crippen LogP contribution in [0.25, 0.3) is 0 Å². The van der Waals surface area contributed by atoms with Crippen LogP contribution in [0, 0.1) is 11.3 Å². The van der Waals surface area contributed by atoms with Crippen LogP contribution in [0.5, 0.6) is 0 Å². The first-order valence-electron chi connectivity index (χ1n) is 7.19. The predicted molar refractivity (Wildman–Crippen MR) is 69.9 cm³/mol. The maximum atomic E-state index is 3.86. The summed E-state index contributed by atoms with van der Waals surface area (Å²) in [6.07, 6.45) is 8.55. The average molecular weight is 227 g/mol. The van der Waals surface area contributed by atoms with Crippen molar-refractivity contribution in [3.63, 3.8) is 0 Å². The molecule has 3 aliphatic carbocycles. The molecule has 0 aromatic heterocycles.